The van der Waals surface area contributed by atoms with Crippen molar-refractivity contribution in [2.45, 2.75) is 12.1 Å². The Morgan fingerprint density at radius 3 is 1.67 bits per heavy atom. The SMILES string of the molecule is O=C1N2CC(c3cnco3)=CC(C2)N1OS(=O)(=O)ON1C(=O)N2CC(c3cnco3)=CC1C2. The summed E-state index contributed by atoms with van der Waals surface area (Å²) in [5.41, 5.74) is 1.34. The summed E-state index contributed by atoms with van der Waals surface area (Å²) >= 11 is 0. The number of amides is 4. The van der Waals surface area contributed by atoms with E-state index in [0.29, 0.717) is 32.8 Å². The van der Waals surface area contributed by atoms with Crippen molar-refractivity contribution in [3.05, 3.63) is 48.9 Å². The number of aromatic nitrogens is 2. The number of carbonyl (C=O) groups excluding carboxylic acids is 2. The first kappa shape index (κ1) is 20.0. The van der Waals surface area contributed by atoms with Crippen LogP contribution < -0.4 is 0 Å². The maximum absolute atomic E-state index is 12.7. The molecule has 4 amide bonds. The zero-order valence-electron chi connectivity index (χ0n) is 16.8. The first-order valence-electron chi connectivity index (χ1n) is 9.87. The molecule has 2 saturated heterocycles. The van der Waals surface area contributed by atoms with Gasteiger partial charge >= 0.3 is 22.5 Å². The normalized spacial score (nSPS) is 24.6. The van der Waals surface area contributed by atoms with E-state index in [1.807, 2.05) is 0 Å². The molecule has 6 heterocycles. The zero-order valence-corrected chi connectivity index (χ0v) is 17.6. The summed E-state index contributed by atoms with van der Waals surface area (Å²) in [6.45, 7) is 0.882. The van der Waals surface area contributed by atoms with Crippen LogP contribution in [0.2, 0.25) is 0 Å². The van der Waals surface area contributed by atoms with E-state index in [4.69, 9.17) is 17.4 Å². The van der Waals surface area contributed by atoms with Crippen LogP contribution in [-0.4, -0.2) is 88.6 Å². The van der Waals surface area contributed by atoms with Crippen LogP contribution in [0.15, 0.2) is 46.2 Å². The summed E-state index contributed by atoms with van der Waals surface area (Å²) in [6.07, 6.45) is 8.86. The fourth-order valence-corrected chi connectivity index (χ4v) is 5.03. The third-order valence-electron chi connectivity index (χ3n) is 5.69. The lowest BCUT2D eigenvalue weighted by Gasteiger charge is -2.22. The van der Waals surface area contributed by atoms with Gasteiger partial charge in [0.15, 0.2) is 24.3 Å². The highest BCUT2D eigenvalue weighted by atomic mass is 32.3. The maximum Gasteiger partial charge on any atom is 0.442 e. The highest BCUT2D eigenvalue weighted by molar-refractivity contribution is 7.81. The monoisotopic (exact) mass is 476 g/mol. The van der Waals surface area contributed by atoms with Crippen molar-refractivity contribution in [1.82, 2.24) is 29.9 Å². The van der Waals surface area contributed by atoms with E-state index in [-0.39, 0.29) is 26.2 Å². The molecule has 2 fully saturated rings. The minimum atomic E-state index is -4.81. The van der Waals surface area contributed by atoms with Gasteiger partial charge in [0.05, 0.1) is 37.6 Å². The molecule has 0 spiro atoms. The zero-order chi connectivity index (χ0) is 22.7. The molecule has 172 valence electrons. The van der Waals surface area contributed by atoms with Crippen LogP contribution in [0, 0.1) is 0 Å². The molecule has 2 aromatic heterocycles. The number of oxazole rings is 2. The van der Waals surface area contributed by atoms with Crippen molar-refractivity contribution in [2.75, 3.05) is 26.2 Å². The van der Waals surface area contributed by atoms with E-state index in [0.717, 1.165) is 0 Å². The average Bonchev–Trinajstić information content (AvgIpc) is 3.59. The van der Waals surface area contributed by atoms with Crippen LogP contribution in [0.5, 0.6) is 0 Å². The number of hydroxylamine groups is 4. The topological polar surface area (TPSA) is 152 Å². The van der Waals surface area contributed by atoms with Crippen LogP contribution in [0.25, 0.3) is 11.1 Å². The Hall–Kier alpha value is -3.69. The summed E-state index contributed by atoms with van der Waals surface area (Å²) in [5, 5.41) is 1.42. The van der Waals surface area contributed by atoms with Crippen molar-refractivity contribution in [3.8, 4) is 0 Å². The van der Waals surface area contributed by atoms with Gasteiger partial charge in [-0.05, 0) is 12.2 Å². The first-order chi connectivity index (χ1) is 15.9. The number of rotatable bonds is 6. The van der Waals surface area contributed by atoms with E-state index in [1.54, 1.807) is 12.2 Å². The van der Waals surface area contributed by atoms with Crippen LogP contribution >= 0.6 is 0 Å². The predicted octanol–water partition coefficient (Wildman–Crippen LogP) is 0.477. The largest absolute Gasteiger partial charge is 0.444 e. The smallest absolute Gasteiger partial charge is 0.442 e. The summed E-state index contributed by atoms with van der Waals surface area (Å²) in [6, 6.07) is -2.69. The average molecular weight is 476 g/mol. The third kappa shape index (κ3) is 3.37. The molecule has 0 radical (unpaired) electrons. The summed E-state index contributed by atoms with van der Waals surface area (Å²) < 4.78 is 45.8. The molecule has 4 aliphatic heterocycles. The van der Waals surface area contributed by atoms with Crippen molar-refractivity contribution in [3.63, 3.8) is 0 Å². The lowest BCUT2D eigenvalue weighted by molar-refractivity contribution is -0.0723. The molecule has 0 aromatic carbocycles. The Bertz CT molecular complexity index is 1180. The lowest BCUT2D eigenvalue weighted by Crippen LogP contribution is -2.40. The van der Waals surface area contributed by atoms with Crippen LogP contribution in [-0.2, 0) is 19.0 Å². The highest BCUT2D eigenvalue weighted by Crippen LogP contribution is 2.32. The van der Waals surface area contributed by atoms with E-state index < -0.39 is 34.5 Å². The standard InChI is InChI=1S/C18H16N6O8S/c25-17-21-5-11(15-3-19-9-29-15)1-13(7-21)23(17)31-33(27,28)32-24-14-2-12(16-4-20-10-30-16)6-22(8-14)18(24)26/h1-4,9-10,13-14H,5-8H2. The van der Waals surface area contributed by atoms with Gasteiger partial charge in [-0.1, -0.05) is 0 Å². The molecule has 0 aliphatic carbocycles. The molecule has 15 heteroatoms. The quantitative estimate of drug-likeness (QED) is 0.575. The highest BCUT2D eigenvalue weighted by Gasteiger charge is 2.47. The van der Waals surface area contributed by atoms with Gasteiger partial charge in [-0.25, -0.2) is 19.6 Å². The summed E-state index contributed by atoms with van der Waals surface area (Å²) in [5.74, 6) is 0.939. The Labute approximate surface area is 186 Å². The second-order valence-electron chi connectivity index (χ2n) is 7.78. The van der Waals surface area contributed by atoms with Crippen LogP contribution in [0.3, 0.4) is 0 Å². The molecular weight excluding hydrogens is 460 g/mol. The Balaban J connectivity index is 1.19. The molecule has 0 saturated carbocycles. The van der Waals surface area contributed by atoms with Crippen molar-refractivity contribution >= 4 is 33.6 Å². The fourth-order valence-electron chi connectivity index (χ4n) is 4.26. The van der Waals surface area contributed by atoms with E-state index >= 15 is 0 Å². The molecule has 2 atom stereocenters. The van der Waals surface area contributed by atoms with Gasteiger partial charge in [-0.3, -0.25) is 0 Å². The number of carbonyl (C=O) groups is 2. The molecule has 0 N–H and O–H groups in total. The lowest BCUT2D eigenvalue weighted by atomic mass is 10.1. The minimum absolute atomic E-state index is 0.210. The van der Waals surface area contributed by atoms with Crippen LogP contribution in [0.1, 0.15) is 11.5 Å². The van der Waals surface area contributed by atoms with Crippen molar-refractivity contribution in [1.29, 1.82) is 0 Å². The molecule has 4 aliphatic rings. The second-order valence-corrected chi connectivity index (χ2v) is 8.90. The molecule has 2 aromatic rings. The Morgan fingerprint density at radius 1 is 0.818 bits per heavy atom. The van der Waals surface area contributed by atoms with E-state index in [2.05, 4.69) is 9.97 Å². The van der Waals surface area contributed by atoms with Crippen molar-refractivity contribution < 1.29 is 35.4 Å². The van der Waals surface area contributed by atoms with Gasteiger partial charge < -0.3 is 18.6 Å². The minimum Gasteiger partial charge on any atom is -0.444 e. The van der Waals surface area contributed by atoms with Crippen molar-refractivity contribution in [2.24, 2.45) is 0 Å². The molecule has 33 heavy (non-hydrogen) atoms. The van der Waals surface area contributed by atoms with Gasteiger partial charge in [0.2, 0.25) is 0 Å². The number of hydrogen-bond donors (Lipinski definition) is 0. The molecule has 4 bridgehead atoms. The Kier molecular flexibility index (Phi) is 4.33. The van der Waals surface area contributed by atoms with E-state index in [9.17, 15) is 18.0 Å². The summed E-state index contributed by atoms with van der Waals surface area (Å²) in [4.78, 5) is 35.8. The first-order valence-corrected chi connectivity index (χ1v) is 11.2. The summed E-state index contributed by atoms with van der Waals surface area (Å²) in [7, 11) is -4.81. The number of fused-ring (bicyclic) bond motifs is 4. The molecule has 2 unspecified atom stereocenters. The van der Waals surface area contributed by atoms with Gasteiger partial charge in [0.25, 0.3) is 0 Å². The number of nitrogens with zero attached hydrogens (tertiary/aromatic N) is 6. The van der Waals surface area contributed by atoms with Gasteiger partial charge in [-0.2, -0.15) is 18.5 Å². The van der Waals surface area contributed by atoms with E-state index in [1.165, 1.54) is 35.0 Å². The fraction of sp³-hybridized carbons (Fsp3) is 0.333. The van der Waals surface area contributed by atoms with Crippen LogP contribution in [0.4, 0.5) is 9.59 Å². The van der Waals surface area contributed by atoms with Gasteiger partial charge in [0.1, 0.15) is 0 Å². The predicted molar refractivity (Wildman–Crippen MR) is 105 cm³/mol. The third-order valence-corrected chi connectivity index (χ3v) is 6.37. The van der Waals surface area contributed by atoms with Gasteiger partial charge in [-0.15, -0.1) is 8.57 Å². The second kappa shape index (κ2) is 7.16. The molecule has 14 nitrogen and oxygen atoms in total. The molecule has 6 rings (SSSR count). The number of urea groups is 2. The van der Waals surface area contributed by atoms with Gasteiger partial charge in [0, 0.05) is 24.2 Å². The number of hydrogen-bond acceptors (Lipinski definition) is 10. The maximum atomic E-state index is 12.7. The molecular formula is C18H16N6O8S. The Morgan fingerprint density at radius 2 is 1.27 bits per heavy atom.